The van der Waals surface area contributed by atoms with E-state index in [9.17, 15) is 50.1 Å². The SMILES string of the molecule is O=C(/C=C/c1ccc(O)c(O)c1)CC1CC(O)(C(=O)O)CC(O)C1CC(=O)CCc1ccc(O)c(O)c1. The van der Waals surface area contributed by atoms with Gasteiger partial charge >= 0.3 is 5.97 Å². The molecule has 4 atom stereocenters. The molecular formula is C27H30O10. The number of carboxylic acid groups (broad SMARTS) is 1. The molecule has 37 heavy (non-hydrogen) atoms. The molecule has 4 unspecified atom stereocenters. The Morgan fingerprint density at radius 3 is 2.16 bits per heavy atom. The van der Waals surface area contributed by atoms with Crippen LogP contribution in [-0.4, -0.2) is 65.0 Å². The van der Waals surface area contributed by atoms with Crippen molar-refractivity contribution in [2.75, 3.05) is 0 Å². The van der Waals surface area contributed by atoms with Crippen molar-refractivity contribution >= 4 is 23.6 Å². The van der Waals surface area contributed by atoms with Crippen LogP contribution in [0.5, 0.6) is 23.0 Å². The molecule has 3 rings (SSSR count). The van der Waals surface area contributed by atoms with Crippen molar-refractivity contribution < 1.29 is 50.1 Å². The summed E-state index contributed by atoms with van der Waals surface area (Å²) in [6.07, 6.45) is 0.461. The van der Waals surface area contributed by atoms with Gasteiger partial charge in [-0.05, 0) is 66.1 Å². The third-order valence-corrected chi connectivity index (χ3v) is 6.76. The molecular weight excluding hydrogens is 484 g/mol. The minimum absolute atomic E-state index is 0.0571. The summed E-state index contributed by atoms with van der Waals surface area (Å²) in [5.41, 5.74) is -1.19. The molecule has 0 amide bonds. The van der Waals surface area contributed by atoms with Crippen LogP contribution in [0, 0.1) is 11.8 Å². The summed E-state index contributed by atoms with van der Waals surface area (Å²) in [6, 6.07) is 8.19. The third kappa shape index (κ3) is 7.08. The number of phenols is 4. The number of hydrogen-bond donors (Lipinski definition) is 7. The van der Waals surface area contributed by atoms with Crippen molar-refractivity contribution in [3.63, 3.8) is 0 Å². The number of aliphatic hydroxyl groups is 2. The first kappa shape index (κ1) is 27.7. The van der Waals surface area contributed by atoms with Gasteiger partial charge in [0.05, 0.1) is 6.10 Å². The van der Waals surface area contributed by atoms with Gasteiger partial charge in [0.1, 0.15) is 5.78 Å². The zero-order valence-electron chi connectivity index (χ0n) is 19.9. The summed E-state index contributed by atoms with van der Waals surface area (Å²) in [5, 5.41) is 68.7. The third-order valence-electron chi connectivity index (χ3n) is 6.76. The number of rotatable bonds is 10. The summed E-state index contributed by atoms with van der Waals surface area (Å²) < 4.78 is 0. The molecule has 0 bridgehead atoms. The number of ketones is 2. The molecule has 0 heterocycles. The number of carbonyl (C=O) groups excluding carboxylic acids is 2. The molecule has 7 N–H and O–H groups in total. The number of phenolic OH excluding ortho intramolecular Hbond substituents is 4. The first-order valence-corrected chi connectivity index (χ1v) is 11.8. The zero-order valence-corrected chi connectivity index (χ0v) is 19.9. The van der Waals surface area contributed by atoms with Crippen LogP contribution in [0.4, 0.5) is 0 Å². The van der Waals surface area contributed by atoms with Gasteiger partial charge in [-0.15, -0.1) is 0 Å². The maximum Gasteiger partial charge on any atom is 0.335 e. The van der Waals surface area contributed by atoms with Crippen molar-refractivity contribution in [2.45, 2.75) is 50.2 Å². The number of allylic oxidation sites excluding steroid dienone is 1. The molecule has 1 fully saturated rings. The molecule has 2 aromatic rings. The molecule has 0 aliphatic heterocycles. The zero-order chi connectivity index (χ0) is 27.3. The van der Waals surface area contributed by atoms with Crippen molar-refractivity contribution in [1.29, 1.82) is 0 Å². The van der Waals surface area contributed by atoms with Crippen LogP contribution in [0.2, 0.25) is 0 Å². The average molecular weight is 515 g/mol. The standard InChI is InChI=1S/C27H30O10/c28-18(5-1-15-3-7-21(30)23(32)9-15)11-17-13-27(37,26(35)36)14-25(34)20(17)12-19(29)6-2-16-4-8-22(31)24(33)10-16/h1,3-5,7-10,17,20,25,30-34,37H,2,6,11-14H2,(H,35,36)/b5-1+. The number of aromatic hydroxyl groups is 4. The van der Waals surface area contributed by atoms with Gasteiger partial charge in [0, 0.05) is 25.7 Å². The number of carbonyl (C=O) groups is 3. The van der Waals surface area contributed by atoms with Gasteiger partial charge < -0.3 is 35.7 Å². The van der Waals surface area contributed by atoms with Gasteiger partial charge in [-0.25, -0.2) is 4.79 Å². The Bertz CT molecular complexity index is 1200. The van der Waals surface area contributed by atoms with E-state index < -0.39 is 41.7 Å². The van der Waals surface area contributed by atoms with E-state index in [-0.39, 0.29) is 60.9 Å². The van der Waals surface area contributed by atoms with Crippen molar-refractivity contribution in [3.8, 4) is 23.0 Å². The molecule has 1 saturated carbocycles. The van der Waals surface area contributed by atoms with Crippen LogP contribution in [0.3, 0.4) is 0 Å². The smallest absolute Gasteiger partial charge is 0.335 e. The Hall–Kier alpha value is -3.89. The summed E-state index contributed by atoms with van der Waals surface area (Å²) in [5.74, 6) is -5.02. The Kier molecular flexibility index (Phi) is 8.57. The highest BCUT2D eigenvalue weighted by atomic mass is 16.4. The summed E-state index contributed by atoms with van der Waals surface area (Å²) in [4.78, 5) is 37.1. The number of benzene rings is 2. The summed E-state index contributed by atoms with van der Waals surface area (Å²) in [7, 11) is 0. The minimum Gasteiger partial charge on any atom is -0.504 e. The molecule has 2 aromatic carbocycles. The summed E-state index contributed by atoms with van der Waals surface area (Å²) in [6.45, 7) is 0. The molecule has 10 heteroatoms. The van der Waals surface area contributed by atoms with E-state index in [0.717, 1.165) is 0 Å². The van der Waals surface area contributed by atoms with Crippen molar-refractivity contribution in [1.82, 2.24) is 0 Å². The lowest BCUT2D eigenvalue weighted by molar-refractivity contribution is -0.174. The van der Waals surface area contributed by atoms with Gasteiger partial charge in [0.2, 0.25) is 0 Å². The van der Waals surface area contributed by atoms with Gasteiger partial charge in [-0.1, -0.05) is 18.2 Å². The van der Waals surface area contributed by atoms with E-state index in [1.54, 1.807) is 6.07 Å². The predicted octanol–water partition coefficient (Wildman–Crippen LogP) is 2.28. The molecule has 198 valence electrons. The quantitative estimate of drug-likeness (QED) is 0.183. The maximum absolute atomic E-state index is 12.7. The molecule has 0 saturated heterocycles. The molecule has 0 spiro atoms. The number of aliphatic hydroxyl groups excluding tert-OH is 1. The highest BCUT2D eigenvalue weighted by molar-refractivity contribution is 5.94. The first-order chi connectivity index (χ1) is 17.4. The number of carboxylic acids is 1. The van der Waals surface area contributed by atoms with Gasteiger partial charge in [-0.2, -0.15) is 0 Å². The maximum atomic E-state index is 12.7. The fourth-order valence-electron chi connectivity index (χ4n) is 4.71. The van der Waals surface area contributed by atoms with Crippen LogP contribution >= 0.6 is 0 Å². The predicted molar refractivity (Wildman–Crippen MR) is 131 cm³/mol. The van der Waals surface area contributed by atoms with Gasteiger partial charge in [0.15, 0.2) is 34.4 Å². The van der Waals surface area contributed by atoms with Gasteiger partial charge in [-0.3, -0.25) is 9.59 Å². The Morgan fingerprint density at radius 2 is 1.54 bits per heavy atom. The minimum atomic E-state index is -2.24. The topological polar surface area (TPSA) is 193 Å². The second-order valence-corrected chi connectivity index (χ2v) is 9.55. The van der Waals surface area contributed by atoms with Crippen LogP contribution in [0.25, 0.3) is 6.08 Å². The normalized spacial score (nSPS) is 23.7. The number of hydrogen-bond acceptors (Lipinski definition) is 9. The fraction of sp³-hybridized carbons (Fsp3) is 0.370. The molecule has 0 radical (unpaired) electrons. The highest BCUT2D eigenvalue weighted by Gasteiger charge is 2.49. The van der Waals surface area contributed by atoms with E-state index in [1.165, 1.54) is 42.5 Å². The number of Topliss-reactive ketones (excluding diaryl/α,β-unsaturated/α-hetero) is 1. The largest absolute Gasteiger partial charge is 0.504 e. The molecule has 10 nitrogen and oxygen atoms in total. The summed E-state index contributed by atoms with van der Waals surface area (Å²) >= 11 is 0. The lowest BCUT2D eigenvalue weighted by Crippen LogP contribution is -2.52. The van der Waals surface area contributed by atoms with E-state index >= 15 is 0 Å². The van der Waals surface area contributed by atoms with E-state index in [0.29, 0.717) is 11.1 Å². The Labute approximate surface area is 212 Å². The molecule has 1 aliphatic carbocycles. The first-order valence-electron chi connectivity index (χ1n) is 11.8. The second-order valence-electron chi connectivity index (χ2n) is 9.55. The number of aryl methyl sites for hydroxylation is 1. The molecule has 0 aromatic heterocycles. The lowest BCUT2D eigenvalue weighted by Gasteiger charge is -2.42. The van der Waals surface area contributed by atoms with E-state index in [2.05, 4.69) is 0 Å². The van der Waals surface area contributed by atoms with E-state index in [4.69, 9.17) is 0 Å². The van der Waals surface area contributed by atoms with Crippen LogP contribution in [-0.2, 0) is 20.8 Å². The highest BCUT2D eigenvalue weighted by Crippen LogP contribution is 2.41. The van der Waals surface area contributed by atoms with Crippen LogP contribution < -0.4 is 0 Å². The monoisotopic (exact) mass is 514 g/mol. The van der Waals surface area contributed by atoms with Gasteiger partial charge in [0.25, 0.3) is 0 Å². The second kappa shape index (κ2) is 11.4. The van der Waals surface area contributed by atoms with E-state index in [1.807, 2.05) is 0 Å². The Morgan fingerprint density at radius 1 is 0.892 bits per heavy atom. The average Bonchev–Trinajstić information content (AvgIpc) is 2.82. The fourth-order valence-corrected chi connectivity index (χ4v) is 4.71. The van der Waals surface area contributed by atoms with Crippen LogP contribution in [0.1, 0.15) is 43.2 Å². The lowest BCUT2D eigenvalue weighted by atomic mass is 9.66. The molecule has 1 aliphatic rings. The van der Waals surface area contributed by atoms with Crippen molar-refractivity contribution in [3.05, 3.63) is 53.6 Å². The number of aliphatic carboxylic acids is 1. The van der Waals surface area contributed by atoms with Crippen LogP contribution in [0.15, 0.2) is 42.5 Å². The Balaban J connectivity index is 1.70. The van der Waals surface area contributed by atoms with Crippen molar-refractivity contribution in [2.24, 2.45) is 11.8 Å².